The zero-order valence-corrected chi connectivity index (χ0v) is 12.4. The maximum Gasteiger partial charge on any atom is 0.327 e. The molecule has 3 rings (SSSR count). The average Bonchev–Trinajstić information content (AvgIpc) is 2.96. The third kappa shape index (κ3) is 2.45. The van der Waals surface area contributed by atoms with E-state index >= 15 is 0 Å². The number of hydrogen-bond acceptors (Lipinski definition) is 5. The molecule has 1 aromatic rings. The third-order valence-electron chi connectivity index (χ3n) is 3.72. The summed E-state index contributed by atoms with van der Waals surface area (Å²) in [5.74, 6) is -0.308. The van der Waals surface area contributed by atoms with Gasteiger partial charge in [-0.2, -0.15) is 0 Å². The molecule has 1 saturated heterocycles. The molecule has 2 heterocycles. The van der Waals surface area contributed by atoms with Crippen LogP contribution in [0, 0.1) is 5.92 Å². The number of nitrogens with two attached hydrogens (primary N) is 1. The van der Waals surface area contributed by atoms with E-state index in [2.05, 4.69) is 0 Å². The van der Waals surface area contributed by atoms with Crippen LogP contribution in [0.4, 0.5) is 0 Å². The first-order valence-corrected chi connectivity index (χ1v) is 8.48. The lowest BCUT2D eigenvalue weighted by atomic mass is 10.1. The maximum absolute atomic E-state index is 12.6. The molecule has 20 heavy (non-hydrogen) atoms. The molecule has 1 amide bonds. The molecular weight excluding hydrogens is 296 g/mol. The van der Waals surface area contributed by atoms with Crippen LogP contribution >= 0.6 is 23.1 Å². The molecule has 0 radical (unpaired) electrons. The van der Waals surface area contributed by atoms with Gasteiger partial charge in [0.05, 0.1) is 5.37 Å². The smallest absolute Gasteiger partial charge is 0.327 e. The summed E-state index contributed by atoms with van der Waals surface area (Å²) in [5.41, 5.74) is 6.02. The highest BCUT2D eigenvalue weighted by Crippen LogP contribution is 2.46. The quantitative estimate of drug-likeness (QED) is 0.880. The van der Waals surface area contributed by atoms with Gasteiger partial charge in [-0.05, 0) is 30.2 Å². The number of carboxylic acid groups (broad SMARTS) is 1. The Hall–Kier alpha value is -1.05. The molecule has 1 aliphatic heterocycles. The lowest BCUT2D eigenvalue weighted by molar-refractivity contribution is -0.149. The molecule has 5 nitrogen and oxygen atoms in total. The van der Waals surface area contributed by atoms with Crippen molar-refractivity contribution in [2.75, 3.05) is 5.75 Å². The highest BCUT2D eigenvalue weighted by molar-refractivity contribution is 8.00. The topological polar surface area (TPSA) is 83.6 Å². The Morgan fingerprint density at radius 3 is 2.75 bits per heavy atom. The lowest BCUT2D eigenvalue weighted by Gasteiger charge is -2.29. The number of amides is 1. The van der Waals surface area contributed by atoms with Gasteiger partial charge in [0.2, 0.25) is 5.91 Å². The summed E-state index contributed by atoms with van der Waals surface area (Å²) in [6, 6.07) is 2.16. The standard InChI is InChI=1S/C13H16N2O3S2/c14-10(9-2-1-5-19-9)11(16)15-8(13(17)18)6-20-12(15)7-3-4-7/h1-2,5,7-8,10,12H,3-4,6,14H2,(H,17,18). The fourth-order valence-electron chi connectivity index (χ4n) is 2.49. The number of nitrogens with zero attached hydrogens (tertiary/aromatic N) is 1. The maximum atomic E-state index is 12.6. The van der Waals surface area contributed by atoms with Gasteiger partial charge in [-0.15, -0.1) is 23.1 Å². The first-order chi connectivity index (χ1) is 9.59. The minimum absolute atomic E-state index is 0.0189. The molecule has 7 heteroatoms. The van der Waals surface area contributed by atoms with Crippen LogP contribution in [0.5, 0.6) is 0 Å². The summed E-state index contributed by atoms with van der Waals surface area (Å²) in [5, 5.41) is 11.2. The molecule has 1 aromatic heterocycles. The Kier molecular flexibility index (Phi) is 3.74. The van der Waals surface area contributed by atoms with E-state index < -0.39 is 18.1 Å². The van der Waals surface area contributed by atoms with Gasteiger partial charge in [0.1, 0.15) is 12.1 Å². The molecule has 1 saturated carbocycles. The molecule has 0 aromatic carbocycles. The van der Waals surface area contributed by atoms with Crippen LogP contribution in [-0.4, -0.2) is 39.1 Å². The van der Waals surface area contributed by atoms with Gasteiger partial charge >= 0.3 is 5.97 Å². The first-order valence-electron chi connectivity index (χ1n) is 6.55. The Labute approximate surface area is 125 Å². The van der Waals surface area contributed by atoms with Crippen molar-refractivity contribution in [1.82, 2.24) is 4.90 Å². The number of aliphatic carboxylic acids is 1. The van der Waals surface area contributed by atoms with Crippen molar-refractivity contribution in [2.24, 2.45) is 11.7 Å². The van der Waals surface area contributed by atoms with E-state index in [0.29, 0.717) is 11.7 Å². The number of thioether (sulfide) groups is 1. The predicted octanol–water partition coefficient (Wildman–Crippen LogP) is 1.51. The Morgan fingerprint density at radius 2 is 2.20 bits per heavy atom. The van der Waals surface area contributed by atoms with Crippen LogP contribution in [0.3, 0.4) is 0 Å². The molecule has 3 atom stereocenters. The number of thiophene rings is 1. The average molecular weight is 312 g/mol. The summed E-state index contributed by atoms with van der Waals surface area (Å²) in [4.78, 5) is 26.3. The first kappa shape index (κ1) is 13.9. The van der Waals surface area contributed by atoms with Crippen molar-refractivity contribution in [3.8, 4) is 0 Å². The second-order valence-corrected chi connectivity index (χ2v) is 7.28. The lowest BCUT2D eigenvalue weighted by Crippen LogP contribution is -2.49. The second kappa shape index (κ2) is 5.38. The van der Waals surface area contributed by atoms with Crippen molar-refractivity contribution < 1.29 is 14.7 Å². The van der Waals surface area contributed by atoms with Crippen molar-refractivity contribution in [2.45, 2.75) is 30.3 Å². The van der Waals surface area contributed by atoms with Crippen LogP contribution in [0.25, 0.3) is 0 Å². The van der Waals surface area contributed by atoms with E-state index in [1.807, 2.05) is 17.5 Å². The predicted molar refractivity (Wildman–Crippen MR) is 78.5 cm³/mol. The van der Waals surface area contributed by atoms with E-state index in [1.165, 1.54) is 16.2 Å². The Balaban J connectivity index is 1.83. The van der Waals surface area contributed by atoms with Gasteiger partial charge in [0, 0.05) is 10.6 Å². The van der Waals surface area contributed by atoms with Gasteiger partial charge in [-0.3, -0.25) is 4.79 Å². The SMILES string of the molecule is NC(C(=O)N1C(C(=O)O)CSC1C1CC1)c1cccs1. The summed E-state index contributed by atoms with van der Waals surface area (Å²) >= 11 is 3.00. The van der Waals surface area contributed by atoms with Crippen molar-refractivity contribution in [3.05, 3.63) is 22.4 Å². The minimum Gasteiger partial charge on any atom is -0.480 e. The van der Waals surface area contributed by atoms with Crippen LogP contribution < -0.4 is 5.73 Å². The van der Waals surface area contributed by atoms with Crippen LogP contribution in [0.2, 0.25) is 0 Å². The Morgan fingerprint density at radius 1 is 1.45 bits per heavy atom. The highest BCUT2D eigenvalue weighted by Gasteiger charge is 2.49. The molecule has 3 N–H and O–H groups in total. The van der Waals surface area contributed by atoms with Crippen LogP contribution in [-0.2, 0) is 9.59 Å². The molecule has 1 aliphatic carbocycles. The van der Waals surface area contributed by atoms with Crippen molar-refractivity contribution >= 4 is 35.0 Å². The largest absolute Gasteiger partial charge is 0.480 e. The van der Waals surface area contributed by atoms with Gasteiger partial charge < -0.3 is 15.7 Å². The Bertz CT molecular complexity index is 516. The van der Waals surface area contributed by atoms with Crippen LogP contribution in [0.15, 0.2) is 17.5 Å². The molecule has 0 bridgehead atoms. The molecular formula is C13H16N2O3S2. The molecule has 2 fully saturated rings. The summed E-state index contributed by atoms with van der Waals surface area (Å²) in [6.07, 6.45) is 2.14. The zero-order chi connectivity index (χ0) is 14.3. The summed E-state index contributed by atoms with van der Waals surface area (Å²) in [7, 11) is 0. The minimum atomic E-state index is -0.938. The normalized spacial score (nSPS) is 27.6. The number of carboxylic acids is 1. The van der Waals surface area contributed by atoms with E-state index in [1.54, 1.807) is 11.8 Å². The van der Waals surface area contributed by atoms with E-state index in [-0.39, 0.29) is 11.3 Å². The van der Waals surface area contributed by atoms with E-state index in [0.717, 1.165) is 17.7 Å². The fraction of sp³-hybridized carbons (Fsp3) is 0.538. The summed E-state index contributed by atoms with van der Waals surface area (Å²) in [6.45, 7) is 0. The second-order valence-electron chi connectivity index (χ2n) is 5.15. The fourth-order valence-corrected chi connectivity index (χ4v) is 4.85. The monoisotopic (exact) mass is 312 g/mol. The molecule has 2 aliphatic rings. The van der Waals surface area contributed by atoms with Crippen LogP contribution in [0.1, 0.15) is 23.8 Å². The van der Waals surface area contributed by atoms with Gasteiger partial charge in [0.15, 0.2) is 0 Å². The number of carbonyl (C=O) groups excluding carboxylic acids is 1. The van der Waals surface area contributed by atoms with Gasteiger partial charge in [-0.25, -0.2) is 4.79 Å². The van der Waals surface area contributed by atoms with Crippen molar-refractivity contribution in [1.29, 1.82) is 0 Å². The molecule has 0 spiro atoms. The summed E-state index contributed by atoms with van der Waals surface area (Å²) < 4.78 is 0. The third-order valence-corrected chi connectivity index (χ3v) is 6.13. The van der Waals surface area contributed by atoms with Gasteiger partial charge in [0.25, 0.3) is 0 Å². The van der Waals surface area contributed by atoms with E-state index in [4.69, 9.17) is 5.73 Å². The number of rotatable bonds is 4. The highest BCUT2D eigenvalue weighted by atomic mass is 32.2. The molecule has 3 unspecified atom stereocenters. The van der Waals surface area contributed by atoms with E-state index in [9.17, 15) is 14.7 Å². The van der Waals surface area contributed by atoms with Gasteiger partial charge in [-0.1, -0.05) is 6.07 Å². The number of carbonyl (C=O) groups is 2. The zero-order valence-electron chi connectivity index (χ0n) is 10.8. The number of hydrogen-bond donors (Lipinski definition) is 2. The van der Waals surface area contributed by atoms with Crippen molar-refractivity contribution in [3.63, 3.8) is 0 Å². The molecule has 108 valence electrons.